The highest BCUT2D eigenvalue weighted by atomic mass is 32.2. The van der Waals surface area contributed by atoms with Crippen molar-refractivity contribution < 1.29 is 39.6 Å². The molecule has 168 valence electrons. The van der Waals surface area contributed by atoms with E-state index in [4.69, 9.17) is 9.47 Å². The summed E-state index contributed by atoms with van der Waals surface area (Å²) in [5.41, 5.74) is -4.52. The molecule has 0 radical (unpaired) electrons. The molecule has 3 rings (SSSR count). The lowest BCUT2D eigenvalue weighted by molar-refractivity contribution is -0.0509. The van der Waals surface area contributed by atoms with Crippen molar-refractivity contribution in [3.05, 3.63) is 64.5 Å². The number of ether oxygens (including phenoxy) is 2. The molecule has 0 amide bonds. The summed E-state index contributed by atoms with van der Waals surface area (Å²) < 4.78 is 92.5. The first-order chi connectivity index (χ1) is 14.5. The van der Waals surface area contributed by atoms with E-state index in [-0.39, 0.29) is 35.3 Å². The van der Waals surface area contributed by atoms with E-state index in [1.54, 1.807) is 19.1 Å². The second-order valence-corrected chi connectivity index (χ2v) is 8.40. The fraction of sp³-hybridized carbons (Fsp3) is 0.333. The van der Waals surface area contributed by atoms with E-state index < -0.39 is 33.1 Å². The van der Waals surface area contributed by atoms with Crippen LogP contribution in [0.4, 0.5) is 17.6 Å². The fourth-order valence-electron chi connectivity index (χ4n) is 3.62. The number of fused-ring (bicyclic) bond motifs is 1. The molecule has 0 aliphatic heterocycles. The summed E-state index contributed by atoms with van der Waals surface area (Å²) in [7, 11) is -3.19. The molecule has 0 heterocycles. The number of allylic oxidation sites excluding steroid dienone is 1. The van der Waals surface area contributed by atoms with Gasteiger partial charge >= 0.3 is 15.6 Å². The van der Waals surface area contributed by atoms with Crippen molar-refractivity contribution in [3.8, 4) is 11.5 Å². The van der Waals surface area contributed by atoms with Gasteiger partial charge in [-0.05, 0) is 47.7 Å². The summed E-state index contributed by atoms with van der Waals surface area (Å²) in [6.07, 6.45) is 0.375. The highest BCUT2D eigenvalue weighted by Gasteiger charge is 2.50. The first-order valence-corrected chi connectivity index (χ1v) is 10.7. The maximum atomic E-state index is 14.8. The average Bonchev–Trinajstić information content (AvgIpc) is 2.72. The molecule has 0 spiro atoms. The minimum atomic E-state index is -5.94. The van der Waals surface area contributed by atoms with Crippen molar-refractivity contribution >= 4 is 15.9 Å². The summed E-state index contributed by atoms with van der Waals surface area (Å²) in [6.45, 7) is 1.64. The Labute approximate surface area is 177 Å². The topological polar surface area (TPSA) is 61.8 Å². The molecule has 0 saturated carbocycles. The lowest BCUT2D eigenvalue weighted by atomic mass is 9.77. The zero-order valence-corrected chi connectivity index (χ0v) is 17.7. The molecule has 31 heavy (non-hydrogen) atoms. The molecule has 1 aliphatic carbocycles. The van der Waals surface area contributed by atoms with Gasteiger partial charge in [0.15, 0.2) is 0 Å². The molecule has 5 nitrogen and oxygen atoms in total. The first-order valence-electron chi connectivity index (χ1n) is 9.26. The number of halogens is 4. The van der Waals surface area contributed by atoms with Crippen LogP contribution in [0.25, 0.3) is 5.76 Å². The van der Waals surface area contributed by atoms with Gasteiger partial charge in [-0.25, -0.2) is 4.39 Å². The Hall–Kier alpha value is -2.75. The number of alkyl halides is 3. The first kappa shape index (κ1) is 22.9. The van der Waals surface area contributed by atoms with E-state index >= 15 is 0 Å². The van der Waals surface area contributed by atoms with Gasteiger partial charge in [0.25, 0.3) is 0 Å². The van der Waals surface area contributed by atoms with Gasteiger partial charge in [-0.2, -0.15) is 21.6 Å². The van der Waals surface area contributed by atoms with E-state index in [0.29, 0.717) is 11.3 Å². The summed E-state index contributed by atoms with van der Waals surface area (Å²) in [5, 5.41) is 0. The monoisotopic (exact) mass is 460 g/mol. The molecule has 2 aromatic carbocycles. The highest BCUT2D eigenvalue weighted by Crippen LogP contribution is 2.46. The van der Waals surface area contributed by atoms with E-state index in [0.717, 1.165) is 0 Å². The number of methoxy groups -OCH3 is 2. The SMILES string of the molecule is CCC1=C(OS(=O)(=O)C(F)(F)F)c2cc(OC)ccc2CC1c1ccc(OC)cc1F. The largest absolute Gasteiger partial charge is 0.534 e. The average molecular weight is 460 g/mol. The van der Waals surface area contributed by atoms with Crippen molar-refractivity contribution in [1.29, 1.82) is 0 Å². The summed E-state index contributed by atoms with van der Waals surface area (Å²) in [5.74, 6) is -1.21. The molecule has 2 aromatic rings. The lowest BCUT2D eigenvalue weighted by Gasteiger charge is -2.30. The van der Waals surface area contributed by atoms with Gasteiger partial charge in [0, 0.05) is 17.5 Å². The third-order valence-corrected chi connectivity index (χ3v) is 6.09. The zero-order valence-electron chi connectivity index (χ0n) is 16.9. The van der Waals surface area contributed by atoms with Gasteiger partial charge in [-0.15, -0.1) is 0 Å². The van der Waals surface area contributed by atoms with E-state index in [9.17, 15) is 26.0 Å². The normalized spacial score (nSPS) is 16.7. The standard InChI is InChI=1S/C21H20F4O5S/c1-4-15-18(16-8-7-14(29-3)11-19(16)22)9-12-5-6-13(28-2)10-17(12)20(15)30-31(26,27)21(23,24)25/h5-8,10-11,18H,4,9H2,1-3H3. The van der Waals surface area contributed by atoms with Gasteiger partial charge in [0.05, 0.1) is 14.2 Å². The molecule has 0 saturated heterocycles. The molecule has 0 bridgehead atoms. The Kier molecular flexibility index (Phi) is 6.22. The van der Waals surface area contributed by atoms with E-state index in [1.165, 1.54) is 38.5 Å². The maximum absolute atomic E-state index is 14.8. The minimum absolute atomic E-state index is 0.134. The van der Waals surface area contributed by atoms with Crippen molar-refractivity contribution in [2.24, 2.45) is 0 Å². The van der Waals surface area contributed by atoms with Crippen LogP contribution in [-0.2, 0) is 20.7 Å². The van der Waals surface area contributed by atoms with Gasteiger partial charge in [0.2, 0.25) is 0 Å². The van der Waals surface area contributed by atoms with Crippen LogP contribution >= 0.6 is 0 Å². The molecule has 1 unspecified atom stereocenters. The molecular weight excluding hydrogens is 440 g/mol. The Morgan fingerprint density at radius 1 is 1.03 bits per heavy atom. The predicted molar refractivity (Wildman–Crippen MR) is 106 cm³/mol. The summed E-state index contributed by atoms with van der Waals surface area (Å²) >= 11 is 0. The van der Waals surface area contributed by atoms with Gasteiger partial charge in [-0.3, -0.25) is 0 Å². The Bertz CT molecular complexity index is 1120. The molecule has 0 aromatic heterocycles. The quantitative estimate of drug-likeness (QED) is 0.338. The second kappa shape index (κ2) is 8.41. The maximum Gasteiger partial charge on any atom is 0.534 e. The van der Waals surface area contributed by atoms with Crippen LogP contribution in [0.1, 0.15) is 36.0 Å². The van der Waals surface area contributed by atoms with Gasteiger partial charge < -0.3 is 13.7 Å². The number of rotatable bonds is 6. The lowest BCUT2D eigenvalue weighted by Crippen LogP contribution is -2.27. The van der Waals surface area contributed by atoms with Crippen LogP contribution in [0.5, 0.6) is 11.5 Å². The molecular formula is C21H20F4O5S. The molecule has 10 heteroatoms. The second-order valence-electron chi connectivity index (χ2n) is 6.86. The number of hydrogen-bond acceptors (Lipinski definition) is 5. The van der Waals surface area contributed by atoms with E-state index in [1.807, 2.05) is 0 Å². The van der Waals surface area contributed by atoms with Crippen LogP contribution in [0.15, 0.2) is 42.0 Å². The van der Waals surface area contributed by atoms with Crippen molar-refractivity contribution in [1.82, 2.24) is 0 Å². The van der Waals surface area contributed by atoms with Crippen LogP contribution < -0.4 is 9.47 Å². The fourth-order valence-corrected chi connectivity index (χ4v) is 4.13. The van der Waals surface area contributed by atoms with Crippen molar-refractivity contribution in [2.45, 2.75) is 31.2 Å². The number of hydrogen-bond donors (Lipinski definition) is 0. The highest BCUT2D eigenvalue weighted by molar-refractivity contribution is 7.87. The van der Waals surface area contributed by atoms with Crippen molar-refractivity contribution in [2.75, 3.05) is 14.2 Å². The van der Waals surface area contributed by atoms with Gasteiger partial charge in [0.1, 0.15) is 23.1 Å². The molecule has 1 atom stereocenters. The zero-order chi connectivity index (χ0) is 23.0. The third kappa shape index (κ3) is 4.34. The van der Waals surface area contributed by atoms with E-state index in [2.05, 4.69) is 4.18 Å². The smallest absolute Gasteiger partial charge is 0.497 e. The van der Waals surface area contributed by atoms with Crippen LogP contribution in [-0.4, -0.2) is 28.1 Å². The third-order valence-electron chi connectivity index (χ3n) is 5.14. The summed E-state index contributed by atoms with van der Waals surface area (Å²) in [6, 6.07) is 8.76. The molecule has 0 N–H and O–H groups in total. The molecule has 1 aliphatic rings. The molecule has 0 fully saturated rings. The van der Waals surface area contributed by atoms with Crippen LogP contribution in [0, 0.1) is 5.82 Å². The van der Waals surface area contributed by atoms with Crippen LogP contribution in [0.3, 0.4) is 0 Å². The van der Waals surface area contributed by atoms with Crippen LogP contribution in [0.2, 0.25) is 0 Å². The minimum Gasteiger partial charge on any atom is -0.497 e. The Morgan fingerprint density at radius 2 is 1.65 bits per heavy atom. The van der Waals surface area contributed by atoms with Crippen molar-refractivity contribution in [3.63, 3.8) is 0 Å². The van der Waals surface area contributed by atoms with Gasteiger partial charge in [-0.1, -0.05) is 19.1 Å². The Morgan fingerprint density at radius 3 is 2.19 bits per heavy atom. The predicted octanol–water partition coefficient (Wildman–Crippen LogP) is 5.17. The Balaban J connectivity index is 2.24. The number of benzene rings is 2. The summed E-state index contributed by atoms with van der Waals surface area (Å²) in [4.78, 5) is 0.